The Hall–Kier alpha value is -1.51. The van der Waals surface area contributed by atoms with Crippen molar-refractivity contribution in [3.05, 3.63) is 23.8 Å². The highest BCUT2D eigenvalue weighted by Gasteiger charge is 2.25. The predicted molar refractivity (Wildman–Crippen MR) is 87.3 cm³/mol. The number of hydrogen-bond acceptors (Lipinski definition) is 2. The number of aryl methyl sites for hydroxylation is 1. The van der Waals surface area contributed by atoms with Gasteiger partial charge in [-0.15, -0.1) is 0 Å². The van der Waals surface area contributed by atoms with Gasteiger partial charge in [0.25, 0.3) is 0 Å². The molecule has 1 aromatic carbocycles. The van der Waals surface area contributed by atoms with Gasteiger partial charge in [-0.3, -0.25) is 4.79 Å². The van der Waals surface area contributed by atoms with Crippen molar-refractivity contribution in [2.75, 3.05) is 10.6 Å². The zero-order chi connectivity index (χ0) is 15.6. The first-order valence-corrected chi connectivity index (χ1v) is 7.15. The molecule has 0 heterocycles. The molecule has 0 radical (unpaired) electrons. The molecular formula is C17H28N2O. The third-order valence-electron chi connectivity index (χ3n) is 2.99. The number of hydrogen-bond donors (Lipinski definition) is 2. The van der Waals surface area contributed by atoms with Crippen LogP contribution in [0.4, 0.5) is 11.4 Å². The molecule has 3 heteroatoms. The van der Waals surface area contributed by atoms with E-state index in [9.17, 15) is 4.79 Å². The largest absolute Gasteiger partial charge is 0.380 e. The molecule has 0 saturated heterocycles. The van der Waals surface area contributed by atoms with Crippen LogP contribution < -0.4 is 10.6 Å². The maximum Gasteiger partial charge on any atom is 0.221 e. The Bertz CT molecular complexity index is 484. The van der Waals surface area contributed by atoms with Crippen LogP contribution in [-0.4, -0.2) is 11.4 Å². The van der Waals surface area contributed by atoms with Gasteiger partial charge in [0.2, 0.25) is 5.91 Å². The van der Waals surface area contributed by atoms with Gasteiger partial charge in [0.05, 0.1) is 0 Å². The second-order valence-electron chi connectivity index (χ2n) is 7.46. The van der Waals surface area contributed by atoms with Crippen molar-refractivity contribution in [3.63, 3.8) is 0 Å². The highest BCUT2D eigenvalue weighted by molar-refractivity contribution is 5.89. The molecule has 0 aliphatic carbocycles. The summed E-state index contributed by atoms with van der Waals surface area (Å²) in [4.78, 5) is 11.1. The summed E-state index contributed by atoms with van der Waals surface area (Å²) in [6.45, 7) is 14.7. The van der Waals surface area contributed by atoms with E-state index >= 15 is 0 Å². The molecule has 0 atom stereocenters. The molecule has 1 amide bonds. The molecule has 20 heavy (non-hydrogen) atoms. The molecule has 0 bridgehead atoms. The van der Waals surface area contributed by atoms with Gasteiger partial charge in [-0.1, -0.05) is 20.8 Å². The molecule has 1 aromatic rings. The Morgan fingerprint density at radius 3 is 2.20 bits per heavy atom. The fraction of sp³-hybridized carbons (Fsp3) is 0.588. The number of benzene rings is 1. The van der Waals surface area contributed by atoms with Gasteiger partial charge < -0.3 is 10.6 Å². The monoisotopic (exact) mass is 276 g/mol. The second kappa shape index (κ2) is 5.86. The Morgan fingerprint density at radius 1 is 1.15 bits per heavy atom. The molecule has 112 valence electrons. The zero-order valence-corrected chi connectivity index (χ0v) is 13.8. The first-order valence-electron chi connectivity index (χ1n) is 7.15. The minimum atomic E-state index is -0.0399. The molecule has 0 spiro atoms. The summed E-state index contributed by atoms with van der Waals surface area (Å²) in [5.74, 6) is -0.0399. The van der Waals surface area contributed by atoms with Crippen molar-refractivity contribution in [2.45, 2.75) is 60.4 Å². The van der Waals surface area contributed by atoms with Gasteiger partial charge in [0.1, 0.15) is 0 Å². The Balaban J connectivity index is 2.83. The molecule has 0 aliphatic rings. The molecule has 0 aliphatic heterocycles. The van der Waals surface area contributed by atoms with E-state index in [0.29, 0.717) is 0 Å². The van der Waals surface area contributed by atoms with Crippen molar-refractivity contribution in [1.82, 2.24) is 0 Å². The van der Waals surface area contributed by atoms with Gasteiger partial charge >= 0.3 is 0 Å². The Morgan fingerprint density at radius 2 is 1.75 bits per heavy atom. The van der Waals surface area contributed by atoms with Crippen LogP contribution >= 0.6 is 0 Å². The van der Waals surface area contributed by atoms with E-state index in [4.69, 9.17) is 0 Å². The van der Waals surface area contributed by atoms with Crippen LogP contribution in [0.5, 0.6) is 0 Å². The molecule has 0 unspecified atom stereocenters. The minimum absolute atomic E-state index is 0.0280. The third kappa shape index (κ3) is 5.64. The van der Waals surface area contributed by atoms with E-state index in [0.717, 1.165) is 23.4 Å². The lowest BCUT2D eigenvalue weighted by atomic mass is 9.81. The number of nitrogens with one attached hydrogen (secondary N) is 2. The SMILES string of the molecule is CC(=O)Nc1ccc(NC(C)(C)CC(C)(C)C)cc1C. The van der Waals surface area contributed by atoms with Crippen LogP contribution in [0.3, 0.4) is 0 Å². The average Bonchev–Trinajstić information content (AvgIpc) is 2.17. The zero-order valence-electron chi connectivity index (χ0n) is 13.8. The molecule has 1 rings (SSSR count). The topological polar surface area (TPSA) is 41.1 Å². The van der Waals surface area contributed by atoms with Crippen LogP contribution in [0.25, 0.3) is 0 Å². The molecule has 0 aromatic heterocycles. The van der Waals surface area contributed by atoms with Gasteiger partial charge in [-0.05, 0) is 56.4 Å². The molecule has 0 saturated carbocycles. The number of amides is 1. The smallest absolute Gasteiger partial charge is 0.221 e. The van der Waals surface area contributed by atoms with Gasteiger partial charge in [-0.25, -0.2) is 0 Å². The highest BCUT2D eigenvalue weighted by atomic mass is 16.1. The Kier molecular flexibility index (Phi) is 4.85. The number of carbonyl (C=O) groups is 1. The van der Waals surface area contributed by atoms with Crippen molar-refractivity contribution < 1.29 is 4.79 Å². The lowest BCUT2D eigenvalue weighted by Gasteiger charge is -2.34. The van der Waals surface area contributed by atoms with Gasteiger partial charge in [0, 0.05) is 23.8 Å². The van der Waals surface area contributed by atoms with E-state index in [1.807, 2.05) is 19.1 Å². The average molecular weight is 276 g/mol. The van der Waals surface area contributed by atoms with Crippen molar-refractivity contribution in [3.8, 4) is 0 Å². The van der Waals surface area contributed by atoms with Crippen LogP contribution in [0.1, 0.15) is 53.5 Å². The van der Waals surface area contributed by atoms with Crippen LogP contribution in [0.2, 0.25) is 0 Å². The number of rotatable bonds is 4. The summed E-state index contributed by atoms with van der Waals surface area (Å²) in [6.07, 6.45) is 1.08. The summed E-state index contributed by atoms with van der Waals surface area (Å²) in [5, 5.41) is 6.42. The molecular weight excluding hydrogens is 248 g/mol. The summed E-state index contributed by atoms with van der Waals surface area (Å²) in [5.41, 5.74) is 3.33. The van der Waals surface area contributed by atoms with E-state index in [-0.39, 0.29) is 16.9 Å². The van der Waals surface area contributed by atoms with Crippen molar-refractivity contribution in [1.29, 1.82) is 0 Å². The first-order chi connectivity index (χ1) is 8.98. The second-order valence-corrected chi connectivity index (χ2v) is 7.46. The summed E-state index contributed by atoms with van der Waals surface area (Å²) < 4.78 is 0. The third-order valence-corrected chi connectivity index (χ3v) is 2.99. The molecule has 0 fully saturated rings. The normalized spacial score (nSPS) is 12.2. The lowest BCUT2D eigenvalue weighted by molar-refractivity contribution is -0.114. The molecule has 3 nitrogen and oxygen atoms in total. The first kappa shape index (κ1) is 16.5. The minimum Gasteiger partial charge on any atom is -0.380 e. The predicted octanol–water partition coefficient (Wildman–Crippen LogP) is 4.58. The van der Waals surface area contributed by atoms with Crippen molar-refractivity contribution in [2.24, 2.45) is 5.41 Å². The van der Waals surface area contributed by atoms with Gasteiger partial charge in [0.15, 0.2) is 0 Å². The lowest BCUT2D eigenvalue weighted by Crippen LogP contribution is -2.35. The summed E-state index contributed by atoms with van der Waals surface area (Å²) >= 11 is 0. The fourth-order valence-electron chi connectivity index (χ4n) is 2.83. The van der Waals surface area contributed by atoms with Gasteiger partial charge in [-0.2, -0.15) is 0 Å². The van der Waals surface area contributed by atoms with E-state index in [1.54, 1.807) is 0 Å². The van der Waals surface area contributed by atoms with E-state index in [1.165, 1.54) is 6.92 Å². The highest BCUT2D eigenvalue weighted by Crippen LogP contribution is 2.30. The molecule has 2 N–H and O–H groups in total. The maximum absolute atomic E-state index is 11.1. The maximum atomic E-state index is 11.1. The quantitative estimate of drug-likeness (QED) is 0.845. The van der Waals surface area contributed by atoms with E-state index < -0.39 is 0 Å². The van der Waals surface area contributed by atoms with Crippen molar-refractivity contribution >= 4 is 17.3 Å². The summed E-state index contributed by atoms with van der Waals surface area (Å²) in [6, 6.07) is 6.05. The van der Waals surface area contributed by atoms with Crippen LogP contribution in [0, 0.1) is 12.3 Å². The number of carbonyl (C=O) groups excluding carboxylic acids is 1. The Labute approximate surface area is 123 Å². The van der Waals surface area contributed by atoms with Crippen LogP contribution in [-0.2, 0) is 4.79 Å². The van der Waals surface area contributed by atoms with E-state index in [2.05, 4.69) is 51.3 Å². The number of anilines is 2. The summed E-state index contributed by atoms with van der Waals surface area (Å²) in [7, 11) is 0. The fourth-order valence-corrected chi connectivity index (χ4v) is 2.83. The standard InChI is InChI=1S/C17H28N2O/c1-12-10-14(8-9-15(12)18-13(2)20)19-17(6,7)11-16(3,4)5/h8-10,19H,11H2,1-7H3,(H,18,20). The van der Waals surface area contributed by atoms with Crippen LogP contribution in [0.15, 0.2) is 18.2 Å².